The van der Waals surface area contributed by atoms with E-state index in [2.05, 4.69) is 0 Å². The molecule has 1 aliphatic heterocycles. The summed E-state index contributed by atoms with van der Waals surface area (Å²) in [4.78, 5) is 25.9. The van der Waals surface area contributed by atoms with Gasteiger partial charge in [0.05, 0.1) is 6.42 Å². The van der Waals surface area contributed by atoms with Gasteiger partial charge in [-0.1, -0.05) is 29.8 Å². The number of aryl methyl sites for hydroxylation is 3. The fourth-order valence-corrected chi connectivity index (χ4v) is 3.36. The first kappa shape index (κ1) is 17.2. The molecule has 0 radical (unpaired) electrons. The van der Waals surface area contributed by atoms with Crippen LogP contribution in [0, 0.1) is 20.8 Å². The molecule has 25 heavy (non-hydrogen) atoms. The standard InChI is InChI=1S/C21H23NO3/c1-14-11-15(2)21(16(3)12-14)25-20(24)13-17-6-8-18(9-7-17)22-10-4-5-19(22)23/h6-9,11-12H,4-5,10,13H2,1-3H3. The zero-order valence-electron chi connectivity index (χ0n) is 15.0. The van der Waals surface area contributed by atoms with Crippen molar-refractivity contribution in [1.29, 1.82) is 0 Å². The van der Waals surface area contributed by atoms with Gasteiger partial charge in [-0.25, -0.2) is 0 Å². The van der Waals surface area contributed by atoms with Gasteiger partial charge in [0.2, 0.25) is 5.91 Å². The summed E-state index contributed by atoms with van der Waals surface area (Å²) in [6, 6.07) is 11.6. The zero-order chi connectivity index (χ0) is 18.0. The van der Waals surface area contributed by atoms with Gasteiger partial charge in [0.1, 0.15) is 5.75 Å². The van der Waals surface area contributed by atoms with Crippen LogP contribution in [-0.2, 0) is 16.0 Å². The van der Waals surface area contributed by atoms with E-state index in [0.717, 1.165) is 40.9 Å². The molecule has 0 unspecified atom stereocenters. The molecule has 1 fully saturated rings. The molecule has 4 nitrogen and oxygen atoms in total. The molecule has 0 spiro atoms. The number of anilines is 1. The van der Waals surface area contributed by atoms with E-state index in [0.29, 0.717) is 12.2 Å². The highest BCUT2D eigenvalue weighted by Crippen LogP contribution is 2.25. The number of esters is 1. The smallest absolute Gasteiger partial charge is 0.315 e. The Morgan fingerprint density at radius 2 is 1.72 bits per heavy atom. The van der Waals surface area contributed by atoms with Crippen LogP contribution in [0.4, 0.5) is 5.69 Å². The maximum Gasteiger partial charge on any atom is 0.315 e. The molecule has 0 saturated carbocycles. The first-order valence-corrected chi connectivity index (χ1v) is 8.62. The quantitative estimate of drug-likeness (QED) is 0.628. The number of ether oxygens (including phenoxy) is 1. The van der Waals surface area contributed by atoms with Crippen molar-refractivity contribution in [1.82, 2.24) is 0 Å². The summed E-state index contributed by atoms with van der Waals surface area (Å²) < 4.78 is 5.58. The molecule has 2 aromatic carbocycles. The van der Waals surface area contributed by atoms with E-state index in [4.69, 9.17) is 4.74 Å². The third kappa shape index (κ3) is 3.90. The van der Waals surface area contributed by atoms with E-state index in [1.54, 1.807) is 4.90 Å². The molecule has 1 saturated heterocycles. The van der Waals surface area contributed by atoms with Gasteiger partial charge in [0, 0.05) is 18.7 Å². The van der Waals surface area contributed by atoms with E-state index in [9.17, 15) is 9.59 Å². The Morgan fingerprint density at radius 3 is 2.28 bits per heavy atom. The number of rotatable bonds is 4. The molecule has 130 valence electrons. The van der Waals surface area contributed by atoms with Crippen LogP contribution in [-0.4, -0.2) is 18.4 Å². The Balaban J connectivity index is 1.66. The summed E-state index contributed by atoms with van der Waals surface area (Å²) in [5.41, 5.74) is 4.86. The third-order valence-electron chi connectivity index (χ3n) is 4.49. The number of benzene rings is 2. The molecule has 0 bridgehead atoms. The van der Waals surface area contributed by atoms with Gasteiger partial charge < -0.3 is 9.64 Å². The van der Waals surface area contributed by atoms with Crippen molar-refractivity contribution in [3.63, 3.8) is 0 Å². The van der Waals surface area contributed by atoms with Crippen molar-refractivity contribution in [2.75, 3.05) is 11.4 Å². The predicted octanol–water partition coefficient (Wildman–Crippen LogP) is 3.89. The van der Waals surface area contributed by atoms with Crippen molar-refractivity contribution in [3.8, 4) is 5.75 Å². The molecule has 0 aliphatic carbocycles. The lowest BCUT2D eigenvalue weighted by molar-refractivity contribution is -0.133. The monoisotopic (exact) mass is 337 g/mol. The number of nitrogens with zero attached hydrogens (tertiary/aromatic N) is 1. The molecule has 2 aromatic rings. The Labute approximate surface area is 148 Å². The Kier molecular flexibility index (Phi) is 4.88. The lowest BCUT2D eigenvalue weighted by Crippen LogP contribution is -2.23. The van der Waals surface area contributed by atoms with Crippen molar-refractivity contribution in [3.05, 3.63) is 58.7 Å². The van der Waals surface area contributed by atoms with Gasteiger partial charge in [-0.2, -0.15) is 0 Å². The highest BCUT2D eigenvalue weighted by molar-refractivity contribution is 5.95. The summed E-state index contributed by atoms with van der Waals surface area (Å²) in [5, 5.41) is 0. The van der Waals surface area contributed by atoms with Gasteiger partial charge in [-0.15, -0.1) is 0 Å². The second-order valence-corrected chi connectivity index (χ2v) is 6.69. The minimum absolute atomic E-state index is 0.164. The molecule has 0 aromatic heterocycles. The highest BCUT2D eigenvalue weighted by Gasteiger charge is 2.21. The summed E-state index contributed by atoms with van der Waals surface area (Å²) in [6.07, 6.45) is 1.73. The fraction of sp³-hybridized carbons (Fsp3) is 0.333. The van der Waals surface area contributed by atoms with Crippen molar-refractivity contribution in [2.45, 2.75) is 40.0 Å². The molecule has 1 amide bonds. The van der Waals surface area contributed by atoms with Gasteiger partial charge in [-0.05, 0) is 56.0 Å². The normalized spacial score (nSPS) is 14.0. The number of hydrogen-bond donors (Lipinski definition) is 0. The average Bonchev–Trinajstić information content (AvgIpc) is 2.98. The third-order valence-corrected chi connectivity index (χ3v) is 4.49. The minimum Gasteiger partial charge on any atom is -0.426 e. The Morgan fingerprint density at radius 1 is 1.08 bits per heavy atom. The topological polar surface area (TPSA) is 46.6 Å². The predicted molar refractivity (Wildman–Crippen MR) is 98.0 cm³/mol. The number of carbonyl (C=O) groups excluding carboxylic acids is 2. The Bertz CT molecular complexity index is 785. The lowest BCUT2D eigenvalue weighted by Gasteiger charge is -2.16. The van der Waals surface area contributed by atoms with Crippen LogP contribution in [0.2, 0.25) is 0 Å². The summed E-state index contributed by atoms with van der Waals surface area (Å²) in [7, 11) is 0. The molecular weight excluding hydrogens is 314 g/mol. The zero-order valence-corrected chi connectivity index (χ0v) is 15.0. The van der Waals surface area contributed by atoms with Gasteiger partial charge in [0.25, 0.3) is 0 Å². The lowest BCUT2D eigenvalue weighted by atomic mass is 10.1. The molecule has 0 atom stereocenters. The van der Waals surface area contributed by atoms with Gasteiger partial charge >= 0.3 is 5.97 Å². The largest absolute Gasteiger partial charge is 0.426 e. The van der Waals surface area contributed by atoms with E-state index >= 15 is 0 Å². The molecule has 3 rings (SSSR count). The van der Waals surface area contributed by atoms with Crippen LogP contribution in [0.3, 0.4) is 0 Å². The second-order valence-electron chi connectivity index (χ2n) is 6.69. The second kappa shape index (κ2) is 7.09. The van der Waals surface area contributed by atoms with Crippen LogP contribution in [0.25, 0.3) is 0 Å². The van der Waals surface area contributed by atoms with E-state index in [-0.39, 0.29) is 18.3 Å². The van der Waals surface area contributed by atoms with Crippen LogP contribution in [0.1, 0.15) is 35.1 Å². The number of hydrogen-bond acceptors (Lipinski definition) is 3. The minimum atomic E-state index is -0.278. The molecular formula is C21H23NO3. The summed E-state index contributed by atoms with van der Waals surface area (Å²) in [6.45, 7) is 6.69. The first-order valence-electron chi connectivity index (χ1n) is 8.62. The number of amides is 1. The average molecular weight is 337 g/mol. The van der Waals surface area contributed by atoms with Crippen LogP contribution >= 0.6 is 0 Å². The number of carbonyl (C=O) groups is 2. The van der Waals surface area contributed by atoms with Crippen LogP contribution in [0.15, 0.2) is 36.4 Å². The maximum atomic E-state index is 12.3. The van der Waals surface area contributed by atoms with E-state index in [1.807, 2.05) is 57.2 Å². The molecule has 0 N–H and O–H groups in total. The first-order chi connectivity index (χ1) is 11.9. The van der Waals surface area contributed by atoms with E-state index < -0.39 is 0 Å². The van der Waals surface area contributed by atoms with Crippen LogP contribution < -0.4 is 9.64 Å². The fourth-order valence-electron chi connectivity index (χ4n) is 3.36. The van der Waals surface area contributed by atoms with E-state index in [1.165, 1.54) is 0 Å². The SMILES string of the molecule is Cc1cc(C)c(OC(=O)Cc2ccc(N3CCCC3=O)cc2)c(C)c1. The van der Waals surface area contributed by atoms with Crippen molar-refractivity contribution in [2.24, 2.45) is 0 Å². The molecule has 1 aliphatic rings. The van der Waals surface area contributed by atoms with Crippen molar-refractivity contribution >= 4 is 17.6 Å². The van der Waals surface area contributed by atoms with Gasteiger partial charge in [0.15, 0.2) is 0 Å². The summed E-state index contributed by atoms with van der Waals surface area (Å²) in [5.74, 6) is 0.535. The van der Waals surface area contributed by atoms with Crippen LogP contribution in [0.5, 0.6) is 5.75 Å². The molecule has 1 heterocycles. The van der Waals surface area contributed by atoms with Crippen molar-refractivity contribution < 1.29 is 14.3 Å². The van der Waals surface area contributed by atoms with Gasteiger partial charge in [-0.3, -0.25) is 9.59 Å². The highest BCUT2D eigenvalue weighted by atomic mass is 16.5. The summed E-state index contributed by atoms with van der Waals surface area (Å²) >= 11 is 0. The Hall–Kier alpha value is -2.62. The maximum absolute atomic E-state index is 12.3. The molecule has 4 heteroatoms.